The number of halogens is 1. The van der Waals surface area contributed by atoms with Crippen LogP contribution < -0.4 is 10.1 Å². The number of ether oxygens (including phenoxy) is 2. The summed E-state index contributed by atoms with van der Waals surface area (Å²) in [5.74, 6) is -0.464. The van der Waals surface area contributed by atoms with Crippen molar-refractivity contribution in [3.8, 4) is 5.75 Å². The molecule has 0 bridgehead atoms. The maximum atomic E-state index is 14.5. The molecule has 1 fully saturated rings. The lowest BCUT2D eigenvalue weighted by Crippen LogP contribution is -2.42. The number of rotatable bonds is 7. The highest BCUT2D eigenvalue weighted by Crippen LogP contribution is 2.36. The first-order valence-corrected chi connectivity index (χ1v) is 11.4. The number of benzene rings is 1. The Morgan fingerprint density at radius 3 is 3.00 bits per heavy atom. The van der Waals surface area contributed by atoms with Gasteiger partial charge in [0.15, 0.2) is 5.65 Å². The zero-order valence-electron chi connectivity index (χ0n) is 19.4. The number of nitrogens with zero attached hydrogens (tertiary/aromatic N) is 4. The van der Waals surface area contributed by atoms with Crippen LogP contribution in [0.4, 0.5) is 10.1 Å². The van der Waals surface area contributed by atoms with E-state index in [1.54, 1.807) is 30.6 Å². The number of aromatic nitrogens is 3. The summed E-state index contributed by atoms with van der Waals surface area (Å²) < 4.78 is 27.5. The van der Waals surface area contributed by atoms with Gasteiger partial charge in [0.1, 0.15) is 23.6 Å². The lowest BCUT2D eigenvalue weighted by atomic mass is 10.0. The summed E-state index contributed by atoms with van der Waals surface area (Å²) in [6.45, 7) is 3.59. The number of carbonyl (C=O) groups is 2. The number of nitrogens with one attached hydrogen (secondary N) is 1. The van der Waals surface area contributed by atoms with Gasteiger partial charge in [0.25, 0.3) is 11.8 Å². The predicted molar refractivity (Wildman–Crippen MR) is 123 cm³/mol. The van der Waals surface area contributed by atoms with Crippen molar-refractivity contribution < 1.29 is 28.6 Å². The van der Waals surface area contributed by atoms with E-state index in [0.29, 0.717) is 47.8 Å². The number of alkyl halides is 1. The molecule has 184 valence electrons. The van der Waals surface area contributed by atoms with E-state index < -0.39 is 17.7 Å². The fourth-order valence-corrected chi connectivity index (χ4v) is 4.12. The van der Waals surface area contributed by atoms with Crippen molar-refractivity contribution in [1.82, 2.24) is 19.5 Å². The molecule has 3 aromatic rings. The highest BCUT2D eigenvalue weighted by molar-refractivity contribution is 6.09. The average Bonchev–Trinajstić information content (AvgIpc) is 3.54. The van der Waals surface area contributed by atoms with Crippen molar-refractivity contribution in [3.05, 3.63) is 53.5 Å². The second kappa shape index (κ2) is 8.90. The number of amides is 2. The molecule has 0 aliphatic carbocycles. The molecule has 2 aliphatic rings. The van der Waals surface area contributed by atoms with Crippen molar-refractivity contribution >= 4 is 23.1 Å². The smallest absolute Gasteiger partial charge is 0.261 e. The standard InChI is InChI=1S/C24H26FN5O5/c1-24(2,33)20(25)12-29-11-14-8-18(19(9-16(14)23(29)32)35-15-4-7-34-13-15)28-22(31)17-10-27-30-6-3-5-26-21(17)30/h3,5-6,8-10,15,20,33H,4,7,11-13H2,1-2H3,(H,28,31)/t15-,20?/m1/s1. The summed E-state index contributed by atoms with van der Waals surface area (Å²) in [6, 6.07) is 4.96. The molecule has 10 nitrogen and oxygen atoms in total. The number of aliphatic hydroxyl groups is 1. The number of carbonyl (C=O) groups excluding carboxylic acids is 2. The number of anilines is 1. The number of hydrogen-bond acceptors (Lipinski definition) is 7. The topological polar surface area (TPSA) is 118 Å². The van der Waals surface area contributed by atoms with Gasteiger partial charge in [0.05, 0.1) is 37.2 Å². The van der Waals surface area contributed by atoms with Gasteiger partial charge >= 0.3 is 0 Å². The Labute approximate surface area is 200 Å². The molecule has 0 saturated carbocycles. The van der Waals surface area contributed by atoms with E-state index in [1.807, 2.05) is 0 Å². The summed E-state index contributed by atoms with van der Waals surface area (Å²) >= 11 is 0. The van der Waals surface area contributed by atoms with Gasteiger partial charge in [0, 0.05) is 30.9 Å². The van der Waals surface area contributed by atoms with E-state index in [1.165, 1.54) is 29.5 Å². The maximum Gasteiger partial charge on any atom is 0.261 e. The van der Waals surface area contributed by atoms with Crippen LogP contribution in [0.1, 0.15) is 46.5 Å². The van der Waals surface area contributed by atoms with Crippen LogP contribution in [0, 0.1) is 0 Å². The minimum absolute atomic E-state index is 0.151. The van der Waals surface area contributed by atoms with Crippen LogP contribution in [0.5, 0.6) is 5.75 Å². The first kappa shape index (κ1) is 23.2. The Morgan fingerprint density at radius 1 is 1.43 bits per heavy atom. The summed E-state index contributed by atoms with van der Waals surface area (Å²) in [4.78, 5) is 31.7. The van der Waals surface area contributed by atoms with E-state index in [4.69, 9.17) is 9.47 Å². The molecule has 0 radical (unpaired) electrons. The molecule has 2 amide bonds. The number of fused-ring (bicyclic) bond motifs is 2. The van der Waals surface area contributed by atoms with Gasteiger partial charge in [-0.3, -0.25) is 9.59 Å². The van der Waals surface area contributed by atoms with Crippen LogP contribution in [0.25, 0.3) is 5.65 Å². The molecular weight excluding hydrogens is 457 g/mol. The summed E-state index contributed by atoms with van der Waals surface area (Å²) in [5.41, 5.74) is 0.487. The molecule has 1 saturated heterocycles. The highest BCUT2D eigenvalue weighted by atomic mass is 19.1. The van der Waals surface area contributed by atoms with Gasteiger partial charge in [-0.1, -0.05) is 0 Å². The van der Waals surface area contributed by atoms with Crippen molar-refractivity contribution in [2.45, 2.75) is 44.7 Å². The Balaban J connectivity index is 1.45. The minimum atomic E-state index is -1.62. The fourth-order valence-electron chi connectivity index (χ4n) is 4.12. The lowest BCUT2D eigenvalue weighted by molar-refractivity contribution is -0.0159. The zero-order chi connectivity index (χ0) is 24.7. The third kappa shape index (κ3) is 4.56. The van der Waals surface area contributed by atoms with Crippen LogP contribution in [-0.4, -0.2) is 74.1 Å². The Morgan fingerprint density at radius 2 is 2.26 bits per heavy atom. The third-order valence-electron chi connectivity index (χ3n) is 6.19. The largest absolute Gasteiger partial charge is 0.486 e. The number of hydrogen-bond donors (Lipinski definition) is 2. The summed E-state index contributed by atoms with van der Waals surface area (Å²) in [7, 11) is 0. The average molecular weight is 484 g/mol. The minimum Gasteiger partial charge on any atom is -0.486 e. The van der Waals surface area contributed by atoms with Gasteiger partial charge in [-0.2, -0.15) is 5.10 Å². The van der Waals surface area contributed by atoms with E-state index >= 15 is 0 Å². The van der Waals surface area contributed by atoms with Gasteiger partial charge in [0.2, 0.25) is 0 Å². The van der Waals surface area contributed by atoms with Crippen molar-refractivity contribution in [2.75, 3.05) is 25.1 Å². The fraction of sp³-hybridized carbons (Fsp3) is 0.417. The monoisotopic (exact) mass is 483 g/mol. The molecule has 2 aromatic heterocycles. The molecule has 2 aliphatic heterocycles. The molecule has 0 spiro atoms. The molecule has 35 heavy (non-hydrogen) atoms. The van der Waals surface area contributed by atoms with Crippen LogP contribution in [0.3, 0.4) is 0 Å². The zero-order valence-corrected chi connectivity index (χ0v) is 19.4. The summed E-state index contributed by atoms with van der Waals surface area (Å²) in [6.07, 6.45) is 3.53. The van der Waals surface area contributed by atoms with Crippen LogP contribution in [0.2, 0.25) is 0 Å². The maximum absolute atomic E-state index is 14.5. The van der Waals surface area contributed by atoms with E-state index in [-0.39, 0.29) is 30.7 Å². The molecule has 2 atom stereocenters. The second-order valence-electron chi connectivity index (χ2n) is 9.32. The van der Waals surface area contributed by atoms with E-state index in [0.717, 1.165) is 0 Å². The molecule has 2 N–H and O–H groups in total. The van der Waals surface area contributed by atoms with Crippen LogP contribution in [0.15, 0.2) is 36.8 Å². The molecule has 4 heterocycles. The van der Waals surface area contributed by atoms with E-state index in [2.05, 4.69) is 15.4 Å². The lowest BCUT2D eigenvalue weighted by Gasteiger charge is -2.26. The van der Waals surface area contributed by atoms with Crippen molar-refractivity contribution in [2.24, 2.45) is 0 Å². The first-order valence-electron chi connectivity index (χ1n) is 11.4. The Bertz CT molecular complexity index is 1280. The molecule has 5 rings (SSSR count). The Hall–Kier alpha value is -3.57. The van der Waals surface area contributed by atoms with Gasteiger partial charge in [-0.25, -0.2) is 13.9 Å². The van der Waals surface area contributed by atoms with Gasteiger partial charge in [-0.05, 0) is 37.6 Å². The first-order chi connectivity index (χ1) is 16.7. The predicted octanol–water partition coefficient (Wildman–Crippen LogP) is 2.21. The molecular formula is C24H26FN5O5. The van der Waals surface area contributed by atoms with Crippen LogP contribution >= 0.6 is 0 Å². The molecule has 1 aromatic carbocycles. The molecule has 1 unspecified atom stereocenters. The quantitative estimate of drug-likeness (QED) is 0.529. The second-order valence-corrected chi connectivity index (χ2v) is 9.32. The van der Waals surface area contributed by atoms with Crippen LogP contribution in [-0.2, 0) is 11.3 Å². The Kier molecular flexibility index (Phi) is 5.89. The highest BCUT2D eigenvalue weighted by Gasteiger charge is 2.35. The summed E-state index contributed by atoms with van der Waals surface area (Å²) in [5, 5.41) is 17.0. The molecule has 11 heteroatoms. The van der Waals surface area contributed by atoms with E-state index in [9.17, 15) is 19.1 Å². The van der Waals surface area contributed by atoms with Gasteiger partial charge in [-0.15, -0.1) is 0 Å². The SMILES string of the molecule is CC(C)(O)C(F)CN1Cc2cc(NC(=O)c3cnn4cccnc34)c(O[C@@H]3CCOC3)cc2C1=O. The third-order valence-corrected chi connectivity index (χ3v) is 6.19. The van der Waals surface area contributed by atoms with Crippen molar-refractivity contribution in [1.29, 1.82) is 0 Å². The normalized spacial score (nSPS) is 18.7. The van der Waals surface area contributed by atoms with Crippen molar-refractivity contribution in [3.63, 3.8) is 0 Å². The van der Waals surface area contributed by atoms with Gasteiger partial charge < -0.3 is 24.8 Å².